The van der Waals surface area contributed by atoms with Crippen LogP contribution < -0.4 is 0 Å². The van der Waals surface area contributed by atoms with Crippen molar-refractivity contribution in [2.45, 2.75) is 65.6 Å². The van der Waals surface area contributed by atoms with Crippen LogP contribution in [0, 0.1) is 5.41 Å². The molecule has 1 rings (SSSR count). The highest BCUT2D eigenvalue weighted by Gasteiger charge is 2.41. The number of carbonyl (C=O) groups excluding carboxylic acids is 1. The molecule has 0 aromatic carbocycles. The summed E-state index contributed by atoms with van der Waals surface area (Å²) in [4.78, 5) is 24.4. The highest BCUT2D eigenvalue weighted by molar-refractivity contribution is 5.81. The van der Waals surface area contributed by atoms with Crippen LogP contribution in [0.5, 0.6) is 0 Å². The van der Waals surface area contributed by atoms with Gasteiger partial charge in [0, 0.05) is 6.04 Å². The van der Waals surface area contributed by atoms with Gasteiger partial charge >= 0.3 is 12.1 Å². The van der Waals surface area contributed by atoms with E-state index in [0.29, 0.717) is 12.8 Å². The number of esters is 1. The van der Waals surface area contributed by atoms with Gasteiger partial charge in [0.05, 0.1) is 0 Å². The summed E-state index contributed by atoms with van der Waals surface area (Å²) >= 11 is 0. The third kappa shape index (κ3) is 3.15. The Labute approximate surface area is 108 Å². The van der Waals surface area contributed by atoms with Gasteiger partial charge in [-0.1, -0.05) is 20.8 Å². The molecule has 0 radical (unpaired) electrons. The van der Waals surface area contributed by atoms with Crippen molar-refractivity contribution in [2.75, 3.05) is 0 Å². The first-order chi connectivity index (χ1) is 8.14. The Kier molecular flexibility index (Phi) is 4.24. The van der Waals surface area contributed by atoms with Crippen molar-refractivity contribution in [1.29, 1.82) is 0 Å². The maximum atomic E-state index is 12.0. The van der Waals surface area contributed by atoms with Crippen LogP contribution in [-0.4, -0.2) is 40.3 Å². The van der Waals surface area contributed by atoms with Crippen molar-refractivity contribution in [3.8, 4) is 0 Å². The summed E-state index contributed by atoms with van der Waals surface area (Å²) in [5.74, 6) is -0.427. The van der Waals surface area contributed by atoms with Crippen molar-refractivity contribution in [1.82, 2.24) is 4.90 Å². The number of carbonyl (C=O) groups is 2. The van der Waals surface area contributed by atoms with Gasteiger partial charge in [-0.2, -0.15) is 0 Å². The maximum Gasteiger partial charge on any atom is 0.408 e. The molecular weight excluding hydrogens is 234 g/mol. The number of likely N-dealkylation sites (tertiary alicyclic amines) is 1. The molecule has 1 aliphatic heterocycles. The zero-order valence-electron chi connectivity index (χ0n) is 11.8. The Morgan fingerprint density at radius 1 is 1.33 bits per heavy atom. The normalized spacial score (nSPS) is 25.9. The summed E-state index contributed by atoms with van der Waals surface area (Å²) in [5, 5.41) is 9.12. The summed E-state index contributed by atoms with van der Waals surface area (Å²) in [6.45, 7) is 9.60. The molecule has 0 aromatic heterocycles. The van der Waals surface area contributed by atoms with Crippen molar-refractivity contribution >= 4 is 12.1 Å². The van der Waals surface area contributed by atoms with E-state index in [4.69, 9.17) is 9.84 Å². The monoisotopic (exact) mass is 257 g/mol. The van der Waals surface area contributed by atoms with E-state index in [2.05, 4.69) is 0 Å². The summed E-state index contributed by atoms with van der Waals surface area (Å²) in [6, 6.07) is -0.771. The molecule has 3 atom stereocenters. The molecule has 0 saturated carbocycles. The highest BCUT2D eigenvalue weighted by Crippen LogP contribution is 2.27. The average molecular weight is 257 g/mol. The molecule has 1 heterocycles. The highest BCUT2D eigenvalue weighted by atomic mass is 16.5. The second-order valence-electron chi connectivity index (χ2n) is 6.08. The molecule has 0 aromatic rings. The van der Waals surface area contributed by atoms with Crippen LogP contribution in [0.25, 0.3) is 0 Å². The summed E-state index contributed by atoms with van der Waals surface area (Å²) in [6.07, 6.45) is -0.0408. The van der Waals surface area contributed by atoms with Crippen LogP contribution in [0.3, 0.4) is 0 Å². The first kappa shape index (κ1) is 14.8. The Morgan fingerprint density at radius 3 is 2.33 bits per heavy atom. The van der Waals surface area contributed by atoms with Crippen molar-refractivity contribution in [3.63, 3.8) is 0 Å². The van der Waals surface area contributed by atoms with Crippen molar-refractivity contribution < 1.29 is 19.4 Å². The molecule has 0 spiro atoms. The Balaban J connectivity index is 2.70. The number of hydrogen-bond acceptors (Lipinski definition) is 3. The smallest absolute Gasteiger partial charge is 0.408 e. The average Bonchev–Trinajstić information content (AvgIpc) is 2.58. The standard InChI is InChI=1S/C13H23NO4/c1-8-6-7-10(14(8)12(16)17)11(15)18-9(2)13(3,4)5/h8-10H,6-7H2,1-5H3,(H,16,17)/t8-,9?,10-/m0/s1. The summed E-state index contributed by atoms with van der Waals surface area (Å²) in [7, 11) is 0. The van der Waals surface area contributed by atoms with Gasteiger partial charge in [-0.05, 0) is 32.1 Å². The van der Waals surface area contributed by atoms with Gasteiger partial charge in [-0.3, -0.25) is 4.90 Å². The third-order valence-corrected chi connectivity index (χ3v) is 3.67. The number of ether oxygens (including phenoxy) is 1. The molecule has 5 heteroatoms. The minimum absolute atomic E-state index is 0.120. The zero-order chi connectivity index (χ0) is 14.1. The topological polar surface area (TPSA) is 66.8 Å². The van der Waals surface area contributed by atoms with Gasteiger partial charge < -0.3 is 9.84 Å². The number of carboxylic acid groups (broad SMARTS) is 1. The minimum Gasteiger partial charge on any atom is -0.465 e. The quantitative estimate of drug-likeness (QED) is 0.772. The SMILES string of the molecule is CC(OC(=O)[C@@H]1CC[C@H](C)N1C(=O)O)C(C)(C)C. The fourth-order valence-corrected chi connectivity index (χ4v) is 1.97. The molecule has 1 saturated heterocycles. The van der Waals surface area contributed by atoms with Gasteiger partial charge in [-0.25, -0.2) is 9.59 Å². The second kappa shape index (κ2) is 5.16. The molecule has 104 valence electrons. The van der Waals surface area contributed by atoms with Crippen LogP contribution >= 0.6 is 0 Å². The fraction of sp³-hybridized carbons (Fsp3) is 0.846. The molecular formula is C13H23NO4. The van der Waals surface area contributed by atoms with Gasteiger partial charge in [0.15, 0.2) is 0 Å². The van der Waals surface area contributed by atoms with E-state index in [1.807, 2.05) is 34.6 Å². The zero-order valence-corrected chi connectivity index (χ0v) is 11.8. The van der Waals surface area contributed by atoms with E-state index in [1.54, 1.807) is 0 Å². The minimum atomic E-state index is -1.05. The molecule has 0 aliphatic carbocycles. The molecule has 0 bridgehead atoms. The lowest BCUT2D eigenvalue weighted by atomic mass is 9.90. The Morgan fingerprint density at radius 2 is 1.89 bits per heavy atom. The van der Waals surface area contributed by atoms with E-state index in [0.717, 1.165) is 0 Å². The summed E-state index contributed by atoms with van der Waals surface area (Å²) in [5.41, 5.74) is -0.145. The summed E-state index contributed by atoms with van der Waals surface area (Å²) < 4.78 is 5.38. The second-order valence-corrected chi connectivity index (χ2v) is 6.08. The Hall–Kier alpha value is -1.26. The van der Waals surface area contributed by atoms with Crippen molar-refractivity contribution in [3.05, 3.63) is 0 Å². The molecule has 1 amide bonds. The van der Waals surface area contributed by atoms with Crippen LogP contribution in [0.15, 0.2) is 0 Å². The molecule has 1 N–H and O–H groups in total. The molecule has 1 unspecified atom stereocenters. The first-order valence-corrected chi connectivity index (χ1v) is 6.36. The van der Waals surface area contributed by atoms with E-state index in [1.165, 1.54) is 4.90 Å². The van der Waals surface area contributed by atoms with Crippen molar-refractivity contribution in [2.24, 2.45) is 5.41 Å². The van der Waals surface area contributed by atoms with Crippen LogP contribution in [-0.2, 0) is 9.53 Å². The van der Waals surface area contributed by atoms with E-state index >= 15 is 0 Å². The largest absolute Gasteiger partial charge is 0.465 e. The van der Waals surface area contributed by atoms with E-state index in [9.17, 15) is 9.59 Å². The van der Waals surface area contributed by atoms with Gasteiger partial charge in [0.25, 0.3) is 0 Å². The molecule has 18 heavy (non-hydrogen) atoms. The van der Waals surface area contributed by atoms with Gasteiger partial charge in [0.2, 0.25) is 0 Å². The predicted molar refractivity (Wildman–Crippen MR) is 67.4 cm³/mol. The fourth-order valence-electron chi connectivity index (χ4n) is 1.97. The number of nitrogens with zero attached hydrogens (tertiary/aromatic N) is 1. The Bertz CT molecular complexity index is 334. The van der Waals surface area contributed by atoms with Crippen LogP contribution in [0.4, 0.5) is 4.79 Å². The number of rotatable bonds is 2. The van der Waals surface area contributed by atoms with Gasteiger partial charge in [-0.15, -0.1) is 0 Å². The van der Waals surface area contributed by atoms with Crippen LogP contribution in [0.2, 0.25) is 0 Å². The molecule has 5 nitrogen and oxygen atoms in total. The molecule has 1 fully saturated rings. The lowest BCUT2D eigenvalue weighted by Gasteiger charge is -2.30. The van der Waals surface area contributed by atoms with Crippen LogP contribution in [0.1, 0.15) is 47.5 Å². The van der Waals surface area contributed by atoms with Gasteiger partial charge in [0.1, 0.15) is 12.1 Å². The lowest BCUT2D eigenvalue weighted by molar-refractivity contribution is -0.158. The van der Waals surface area contributed by atoms with E-state index < -0.39 is 18.1 Å². The maximum absolute atomic E-state index is 12.0. The number of amides is 1. The molecule has 1 aliphatic rings. The lowest BCUT2D eigenvalue weighted by Crippen LogP contribution is -2.45. The third-order valence-electron chi connectivity index (χ3n) is 3.67. The van der Waals surface area contributed by atoms with E-state index in [-0.39, 0.29) is 17.6 Å². The predicted octanol–water partition coefficient (Wildman–Crippen LogP) is 2.50. The number of hydrogen-bond donors (Lipinski definition) is 1. The first-order valence-electron chi connectivity index (χ1n) is 6.36.